The molecule has 9 heteroatoms. The lowest BCUT2D eigenvalue weighted by atomic mass is 10.1. The first-order valence-electron chi connectivity index (χ1n) is 8.76. The van der Waals surface area contributed by atoms with Crippen LogP contribution in [0.3, 0.4) is 0 Å². The van der Waals surface area contributed by atoms with Gasteiger partial charge in [-0.15, -0.1) is 0 Å². The van der Waals surface area contributed by atoms with E-state index in [4.69, 9.17) is 4.74 Å². The molecule has 0 N–H and O–H groups in total. The van der Waals surface area contributed by atoms with Crippen LogP contribution < -0.4 is 0 Å². The van der Waals surface area contributed by atoms with Crippen LogP contribution in [0.15, 0.2) is 18.3 Å². The minimum absolute atomic E-state index is 0.00275. The number of rotatable bonds is 4. The summed E-state index contributed by atoms with van der Waals surface area (Å²) < 4.78 is 28.7. The third-order valence-corrected chi connectivity index (χ3v) is 6.53. The van der Waals surface area contributed by atoms with Crippen LogP contribution in [0.5, 0.6) is 0 Å². The van der Waals surface area contributed by atoms with E-state index in [9.17, 15) is 18.0 Å². The first-order chi connectivity index (χ1) is 12.4. The van der Waals surface area contributed by atoms with Gasteiger partial charge in [0.05, 0.1) is 24.7 Å². The Balaban J connectivity index is 1.77. The summed E-state index contributed by atoms with van der Waals surface area (Å²) in [5, 5.41) is 0. The highest BCUT2D eigenvalue weighted by atomic mass is 32.2. The minimum Gasteiger partial charge on any atom is -0.378 e. The summed E-state index contributed by atoms with van der Waals surface area (Å²) in [6.07, 6.45) is 1.90. The molecule has 0 radical (unpaired) electrons. The van der Waals surface area contributed by atoms with Crippen molar-refractivity contribution in [1.82, 2.24) is 14.8 Å². The molecule has 1 unspecified atom stereocenters. The zero-order valence-corrected chi connectivity index (χ0v) is 15.6. The maximum absolute atomic E-state index is 12.9. The number of morpholine rings is 1. The van der Waals surface area contributed by atoms with Crippen LogP contribution in [0, 0.1) is 0 Å². The van der Waals surface area contributed by atoms with E-state index in [-0.39, 0.29) is 35.1 Å². The largest absolute Gasteiger partial charge is 0.378 e. The molecule has 2 saturated heterocycles. The molecule has 0 bridgehead atoms. The zero-order chi connectivity index (χ0) is 18.7. The SMILES string of the molecule is CCN(C(=O)c1ccnc(C(=O)N2CCOCC2)c1)C1CCS(=O)(=O)C1. The molecule has 142 valence electrons. The van der Waals surface area contributed by atoms with Gasteiger partial charge in [-0.3, -0.25) is 14.6 Å². The maximum Gasteiger partial charge on any atom is 0.272 e. The quantitative estimate of drug-likeness (QED) is 0.739. The molecule has 2 fully saturated rings. The van der Waals surface area contributed by atoms with Crippen molar-refractivity contribution in [2.75, 3.05) is 44.4 Å². The molecular weight excluding hydrogens is 358 g/mol. The van der Waals surface area contributed by atoms with Crippen molar-refractivity contribution in [1.29, 1.82) is 0 Å². The number of amides is 2. The molecule has 2 aliphatic rings. The Kier molecular flexibility index (Phi) is 5.57. The van der Waals surface area contributed by atoms with E-state index in [1.807, 2.05) is 6.92 Å². The summed E-state index contributed by atoms with van der Waals surface area (Å²) >= 11 is 0. The second kappa shape index (κ2) is 7.71. The number of pyridine rings is 1. The van der Waals surface area contributed by atoms with Gasteiger partial charge in [0.2, 0.25) is 0 Å². The fourth-order valence-electron chi connectivity index (χ4n) is 3.36. The van der Waals surface area contributed by atoms with E-state index in [2.05, 4.69) is 4.98 Å². The van der Waals surface area contributed by atoms with Gasteiger partial charge in [0.15, 0.2) is 9.84 Å². The predicted octanol–water partition coefficient (Wildman–Crippen LogP) is 0.203. The standard InChI is InChI=1S/C17H23N3O5S/c1-2-20(14-4-10-26(23,24)12-14)16(21)13-3-5-18-15(11-13)17(22)19-6-8-25-9-7-19/h3,5,11,14H,2,4,6-10,12H2,1H3. The van der Waals surface area contributed by atoms with Gasteiger partial charge in [0.1, 0.15) is 5.69 Å². The van der Waals surface area contributed by atoms with Gasteiger partial charge >= 0.3 is 0 Å². The van der Waals surface area contributed by atoms with Gasteiger partial charge in [-0.1, -0.05) is 0 Å². The fourth-order valence-corrected chi connectivity index (χ4v) is 5.09. The van der Waals surface area contributed by atoms with E-state index < -0.39 is 9.84 Å². The van der Waals surface area contributed by atoms with E-state index in [1.54, 1.807) is 15.9 Å². The summed E-state index contributed by atoms with van der Waals surface area (Å²) in [6.45, 7) is 4.21. The van der Waals surface area contributed by atoms with Crippen LogP contribution in [-0.2, 0) is 14.6 Å². The second-order valence-corrected chi connectivity index (χ2v) is 8.71. The van der Waals surface area contributed by atoms with Crippen molar-refractivity contribution in [3.8, 4) is 0 Å². The van der Waals surface area contributed by atoms with Crippen LogP contribution in [0.1, 0.15) is 34.2 Å². The molecule has 0 spiro atoms. The number of sulfone groups is 1. The second-order valence-electron chi connectivity index (χ2n) is 6.48. The van der Waals surface area contributed by atoms with Crippen LogP contribution in [0.2, 0.25) is 0 Å². The minimum atomic E-state index is -3.08. The summed E-state index contributed by atoms with van der Waals surface area (Å²) in [7, 11) is -3.08. The number of aromatic nitrogens is 1. The Morgan fingerprint density at radius 2 is 2.08 bits per heavy atom. The molecule has 26 heavy (non-hydrogen) atoms. The third-order valence-electron chi connectivity index (χ3n) is 4.78. The lowest BCUT2D eigenvalue weighted by Gasteiger charge is -2.28. The van der Waals surface area contributed by atoms with E-state index >= 15 is 0 Å². The van der Waals surface area contributed by atoms with Crippen LogP contribution in [-0.4, -0.2) is 85.4 Å². The highest BCUT2D eigenvalue weighted by Crippen LogP contribution is 2.20. The highest BCUT2D eigenvalue weighted by molar-refractivity contribution is 7.91. The van der Waals surface area contributed by atoms with Crippen molar-refractivity contribution >= 4 is 21.7 Å². The first kappa shape index (κ1) is 18.8. The molecule has 2 amide bonds. The van der Waals surface area contributed by atoms with Crippen molar-refractivity contribution < 1.29 is 22.7 Å². The average molecular weight is 381 g/mol. The number of carbonyl (C=O) groups is 2. The number of carbonyl (C=O) groups excluding carboxylic acids is 2. The highest BCUT2D eigenvalue weighted by Gasteiger charge is 2.34. The van der Waals surface area contributed by atoms with Crippen LogP contribution in [0.25, 0.3) is 0 Å². The Morgan fingerprint density at radius 1 is 1.35 bits per heavy atom. The number of nitrogens with zero attached hydrogens (tertiary/aromatic N) is 3. The Bertz CT molecular complexity index is 789. The van der Waals surface area contributed by atoms with Gasteiger partial charge in [-0.2, -0.15) is 0 Å². The van der Waals surface area contributed by atoms with Gasteiger partial charge in [-0.25, -0.2) is 8.42 Å². The smallest absolute Gasteiger partial charge is 0.272 e. The molecule has 3 heterocycles. The Labute approximate surface area is 153 Å². The zero-order valence-electron chi connectivity index (χ0n) is 14.8. The summed E-state index contributed by atoms with van der Waals surface area (Å²) in [5.74, 6) is -0.391. The number of hydrogen-bond donors (Lipinski definition) is 0. The molecule has 0 aliphatic carbocycles. The summed E-state index contributed by atoms with van der Waals surface area (Å²) in [6, 6.07) is 2.74. The molecule has 2 aliphatic heterocycles. The third kappa shape index (κ3) is 4.04. The van der Waals surface area contributed by atoms with E-state index in [1.165, 1.54) is 12.3 Å². The van der Waals surface area contributed by atoms with E-state index in [0.29, 0.717) is 44.8 Å². The first-order valence-corrected chi connectivity index (χ1v) is 10.6. The lowest BCUT2D eigenvalue weighted by molar-refractivity contribution is 0.0299. The van der Waals surface area contributed by atoms with Crippen molar-refractivity contribution in [2.45, 2.75) is 19.4 Å². The Morgan fingerprint density at radius 3 is 2.69 bits per heavy atom. The molecule has 1 atom stereocenters. The molecule has 3 rings (SSSR count). The summed E-state index contributed by atoms with van der Waals surface area (Å²) in [4.78, 5) is 32.8. The van der Waals surface area contributed by atoms with Crippen molar-refractivity contribution in [3.63, 3.8) is 0 Å². The normalized spacial score (nSPS) is 22.2. The molecule has 0 saturated carbocycles. The summed E-state index contributed by atoms with van der Waals surface area (Å²) in [5.41, 5.74) is 0.565. The van der Waals surface area contributed by atoms with Crippen LogP contribution >= 0.6 is 0 Å². The van der Waals surface area contributed by atoms with Gasteiger partial charge < -0.3 is 14.5 Å². The molecule has 0 aromatic carbocycles. The molecule has 1 aromatic rings. The number of ether oxygens (including phenoxy) is 1. The van der Waals surface area contributed by atoms with Gasteiger partial charge in [-0.05, 0) is 25.5 Å². The van der Waals surface area contributed by atoms with Gasteiger partial charge in [0.25, 0.3) is 11.8 Å². The van der Waals surface area contributed by atoms with Crippen molar-refractivity contribution in [3.05, 3.63) is 29.6 Å². The molecule has 8 nitrogen and oxygen atoms in total. The average Bonchev–Trinajstić information content (AvgIpc) is 3.02. The maximum atomic E-state index is 12.9. The number of hydrogen-bond acceptors (Lipinski definition) is 6. The molecule has 1 aromatic heterocycles. The van der Waals surface area contributed by atoms with Crippen molar-refractivity contribution in [2.24, 2.45) is 0 Å². The van der Waals surface area contributed by atoms with Crippen LogP contribution in [0.4, 0.5) is 0 Å². The lowest BCUT2D eigenvalue weighted by Crippen LogP contribution is -2.42. The monoisotopic (exact) mass is 381 g/mol. The molecular formula is C17H23N3O5S. The Hall–Kier alpha value is -2.00. The van der Waals surface area contributed by atoms with Gasteiger partial charge in [0, 0.05) is 37.4 Å². The predicted molar refractivity (Wildman–Crippen MR) is 94.7 cm³/mol. The fraction of sp³-hybridized carbons (Fsp3) is 0.588. The topological polar surface area (TPSA) is 96.9 Å². The van der Waals surface area contributed by atoms with E-state index in [0.717, 1.165) is 0 Å².